The fourth-order valence-electron chi connectivity index (χ4n) is 10.8. The van der Waals surface area contributed by atoms with Crippen LogP contribution in [0, 0.1) is 29.1 Å². The third-order valence-corrected chi connectivity index (χ3v) is 15.4. The summed E-state index contributed by atoms with van der Waals surface area (Å²) in [6.45, 7) is 22.0. The van der Waals surface area contributed by atoms with E-state index in [1.165, 1.54) is 0 Å². The van der Waals surface area contributed by atoms with Gasteiger partial charge in [0.15, 0.2) is 0 Å². The van der Waals surface area contributed by atoms with Gasteiger partial charge in [0.2, 0.25) is 23.1 Å². The molecule has 0 spiro atoms. The van der Waals surface area contributed by atoms with Crippen molar-refractivity contribution in [3.05, 3.63) is 0 Å². The van der Waals surface area contributed by atoms with Crippen molar-refractivity contribution in [2.75, 3.05) is 39.3 Å². The van der Waals surface area contributed by atoms with Gasteiger partial charge in [0.05, 0.1) is 5.41 Å². The van der Waals surface area contributed by atoms with Crippen molar-refractivity contribution in [2.45, 2.75) is 274 Å². The minimum Gasteiger partial charge on any atom is -0.481 e. The molecule has 1 N–H and O–H groups in total. The van der Waals surface area contributed by atoms with E-state index in [0.29, 0.717) is 51.6 Å². The van der Waals surface area contributed by atoms with E-state index in [2.05, 4.69) is 60.3 Å². The molecule has 10 heteroatoms. The molecule has 70 heavy (non-hydrogen) atoms. The highest BCUT2D eigenvalue weighted by atomic mass is 16.4. The lowest BCUT2D eigenvalue weighted by Gasteiger charge is -2.38. The Hall–Kier alpha value is -2.59. The second kappa shape index (κ2) is 42.9. The number of nitrogens with zero attached hydrogens (tertiary/aromatic N) is 2. The molecule has 0 fully saturated rings. The number of carboxylic acids is 1. The number of carbonyl (C=O) groups is 7. The van der Waals surface area contributed by atoms with Gasteiger partial charge in [0.1, 0.15) is 0 Å². The Morgan fingerprint density at radius 3 is 1.07 bits per heavy atom. The highest BCUT2D eigenvalue weighted by molar-refractivity contribution is 6.64. The van der Waals surface area contributed by atoms with Crippen LogP contribution >= 0.6 is 0 Å². The fourth-order valence-corrected chi connectivity index (χ4v) is 10.8. The van der Waals surface area contributed by atoms with Crippen LogP contribution in [0.4, 0.5) is 0 Å². The quantitative estimate of drug-likeness (QED) is 0.0355. The van der Waals surface area contributed by atoms with E-state index in [0.717, 1.165) is 167 Å². The summed E-state index contributed by atoms with van der Waals surface area (Å²) in [5, 5.41) is 11.6. The van der Waals surface area contributed by atoms with Crippen molar-refractivity contribution < 1.29 is 38.7 Å². The predicted octanol–water partition coefficient (Wildman–Crippen LogP) is 14.6. The summed E-state index contributed by atoms with van der Waals surface area (Å²) in [5.74, 6) is -6.66. The fraction of sp³-hybridized carbons (Fsp3) is 0.883. The molecule has 0 aromatic rings. The lowest BCUT2D eigenvalue weighted by Crippen LogP contribution is -2.42. The Bertz CT molecular complexity index is 1380. The van der Waals surface area contributed by atoms with E-state index in [4.69, 9.17) is 0 Å². The van der Waals surface area contributed by atoms with Crippen LogP contribution in [-0.4, -0.2) is 94.8 Å². The van der Waals surface area contributed by atoms with Crippen LogP contribution < -0.4 is 0 Å². The Morgan fingerprint density at radius 2 is 0.714 bits per heavy atom. The first-order valence-electron chi connectivity index (χ1n) is 29.6. The monoisotopic (exact) mass is 987 g/mol. The number of hydrogen-bond donors (Lipinski definition) is 1. The number of unbranched alkanes of at least 4 members (excludes halogenated alkanes) is 14. The molecule has 0 amide bonds. The summed E-state index contributed by atoms with van der Waals surface area (Å²) < 4.78 is 0. The maximum Gasteiger partial charge on any atom is 0.309 e. The Kier molecular flexibility index (Phi) is 41.3. The third-order valence-electron chi connectivity index (χ3n) is 15.4. The SMILES string of the molecule is CCCCCCC(CCC)C(=O)C(=O)C(=O)CCN(CCC(=O)C(=O)C(=O)C(CCCCCC)CC(CC(CCCCC)CCCCC)(CC(CCCCC)CCCCC)C(=O)O)CCN(CC)CC. The smallest absolute Gasteiger partial charge is 0.309 e. The molecule has 0 saturated carbocycles. The number of aliphatic carboxylic acids is 1. The van der Waals surface area contributed by atoms with Gasteiger partial charge in [-0.15, -0.1) is 0 Å². The van der Waals surface area contributed by atoms with Crippen LogP contribution in [0.1, 0.15) is 274 Å². The second-order valence-electron chi connectivity index (χ2n) is 21.4. The number of carbonyl (C=O) groups excluding carboxylic acids is 6. The van der Waals surface area contributed by atoms with E-state index in [1.54, 1.807) is 0 Å². The average Bonchev–Trinajstić information content (AvgIpc) is 3.35. The highest BCUT2D eigenvalue weighted by Crippen LogP contribution is 2.46. The maximum absolute atomic E-state index is 14.7. The molecule has 2 unspecified atom stereocenters. The molecule has 10 nitrogen and oxygen atoms in total. The molecule has 408 valence electrons. The van der Waals surface area contributed by atoms with Crippen LogP contribution in [0.15, 0.2) is 0 Å². The molecule has 0 aliphatic heterocycles. The van der Waals surface area contributed by atoms with E-state index in [9.17, 15) is 38.7 Å². The van der Waals surface area contributed by atoms with Crippen molar-refractivity contribution in [1.29, 1.82) is 0 Å². The lowest BCUT2D eigenvalue weighted by molar-refractivity contribution is -0.155. The molecule has 0 radical (unpaired) electrons. The number of ketones is 6. The molecular weight excluding hydrogens is 877 g/mol. The summed E-state index contributed by atoms with van der Waals surface area (Å²) in [6.07, 6.45) is 27.1. The van der Waals surface area contributed by atoms with Crippen LogP contribution in [0.5, 0.6) is 0 Å². The summed E-state index contributed by atoms with van der Waals surface area (Å²) in [7, 11) is 0. The van der Waals surface area contributed by atoms with Gasteiger partial charge in [0.25, 0.3) is 11.6 Å². The molecule has 0 rings (SSSR count). The first kappa shape index (κ1) is 67.4. The van der Waals surface area contributed by atoms with Gasteiger partial charge in [-0.3, -0.25) is 33.6 Å². The summed E-state index contributed by atoms with van der Waals surface area (Å²) in [6, 6.07) is 0. The second-order valence-corrected chi connectivity index (χ2v) is 21.4. The zero-order chi connectivity index (χ0) is 52.6. The number of carboxylic acid groups (broad SMARTS) is 1. The minimum atomic E-state index is -1.20. The van der Waals surface area contributed by atoms with Crippen molar-refractivity contribution >= 4 is 40.7 Å². The Labute approximate surface area is 430 Å². The number of hydrogen-bond acceptors (Lipinski definition) is 9. The van der Waals surface area contributed by atoms with E-state index in [1.807, 2.05) is 11.8 Å². The highest BCUT2D eigenvalue weighted by Gasteiger charge is 2.46. The van der Waals surface area contributed by atoms with Crippen molar-refractivity contribution in [1.82, 2.24) is 9.80 Å². The van der Waals surface area contributed by atoms with Gasteiger partial charge in [-0.1, -0.05) is 223 Å². The molecule has 0 saturated heterocycles. The van der Waals surface area contributed by atoms with Crippen molar-refractivity contribution in [3.8, 4) is 0 Å². The van der Waals surface area contributed by atoms with E-state index < -0.39 is 57.9 Å². The molecule has 0 aromatic carbocycles. The molecule has 0 aliphatic carbocycles. The average molecular weight is 988 g/mol. The van der Waals surface area contributed by atoms with Crippen molar-refractivity contribution in [3.63, 3.8) is 0 Å². The van der Waals surface area contributed by atoms with Gasteiger partial charge in [-0.2, -0.15) is 0 Å². The summed E-state index contributed by atoms with van der Waals surface area (Å²) in [4.78, 5) is 101. The zero-order valence-corrected chi connectivity index (χ0v) is 47.1. The lowest BCUT2D eigenvalue weighted by atomic mass is 9.64. The van der Waals surface area contributed by atoms with Gasteiger partial charge < -0.3 is 14.9 Å². The van der Waals surface area contributed by atoms with Gasteiger partial charge >= 0.3 is 5.97 Å². The molecular formula is C60H110N2O8. The number of likely N-dealkylation sites (N-methyl/N-ethyl adjacent to an activating group) is 1. The van der Waals surface area contributed by atoms with Crippen molar-refractivity contribution in [2.24, 2.45) is 29.1 Å². The molecule has 0 heterocycles. The van der Waals surface area contributed by atoms with E-state index >= 15 is 0 Å². The zero-order valence-electron chi connectivity index (χ0n) is 47.1. The summed E-state index contributed by atoms with van der Waals surface area (Å²) in [5.41, 5.74) is -1.20. The largest absolute Gasteiger partial charge is 0.481 e. The summed E-state index contributed by atoms with van der Waals surface area (Å²) >= 11 is 0. The molecule has 0 bridgehead atoms. The number of Topliss-reactive ketones (excluding diaryl/α,β-unsaturated/α-hetero) is 6. The predicted molar refractivity (Wildman–Crippen MR) is 290 cm³/mol. The van der Waals surface area contributed by atoms with Gasteiger partial charge in [-0.05, 0) is 63.5 Å². The molecule has 0 aliphatic rings. The normalized spacial score (nSPS) is 12.9. The topological polar surface area (TPSA) is 146 Å². The minimum absolute atomic E-state index is 0.0745. The first-order chi connectivity index (χ1) is 33.7. The first-order valence-corrected chi connectivity index (χ1v) is 29.6. The number of rotatable bonds is 52. The molecule has 2 atom stereocenters. The van der Waals surface area contributed by atoms with Gasteiger partial charge in [-0.25, -0.2) is 0 Å². The van der Waals surface area contributed by atoms with Crippen LogP contribution in [0.2, 0.25) is 0 Å². The third kappa shape index (κ3) is 29.2. The molecule has 0 aromatic heterocycles. The van der Waals surface area contributed by atoms with Crippen LogP contribution in [0.25, 0.3) is 0 Å². The van der Waals surface area contributed by atoms with Gasteiger partial charge in [0, 0.05) is 50.9 Å². The standard InChI is InChI=1S/C60H110N2O8/c1-10-19-25-31-38-51(33-16-7)55(65)57(67)53(63)40-42-62(45-44-61(17-8)18-9)43-41-54(64)58(68)56(66)52(39-32-26-20-11-2)48-60(59(69)70,46-49(34-27-21-12-3)35-28-22-13-4)47-50(36-29-23-14-5)37-30-24-15-6/h49-52H,10-48H2,1-9H3,(H,69,70). The maximum atomic E-state index is 14.7. The Balaban J connectivity index is 6.86. The van der Waals surface area contributed by atoms with Crippen LogP contribution in [0.3, 0.4) is 0 Å². The Morgan fingerprint density at radius 1 is 0.371 bits per heavy atom. The van der Waals surface area contributed by atoms with Crippen LogP contribution in [-0.2, 0) is 33.6 Å². The van der Waals surface area contributed by atoms with E-state index in [-0.39, 0.29) is 44.2 Å².